The Morgan fingerprint density at radius 1 is 1.42 bits per heavy atom. The predicted molar refractivity (Wildman–Crippen MR) is 87.5 cm³/mol. The highest BCUT2D eigenvalue weighted by Gasteiger charge is 2.17. The lowest BCUT2D eigenvalue weighted by Crippen LogP contribution is -2.11. The Morgan fingerprint density at radius 3 is 3.00 bits per heavy atom. The summed E-state index contributed by atoms with van der Waals surface area (Å²) in [6, 6.07) is 5.82. The molecule has 0 amide bonds. The summed E-state index contributed by atoms with van der Waals surface area (Å²) in [4.78, 5) is 6.41. The first-order valence-corrected chi connectivity index (χ1v) is 8.00. The number of aromatic nitrogens is 1. The molecule has 0 fully saturated rings. The van der Waals surface area contributed by atoms with Crippen molar-refractivity contribution in [1.82, 2.24) is 4.98 Å². The molecule has 1 aromatic heterocycles. The third kappa shape index (κ3) is 2.66. The zero-order chi connectivity index (χ0) is 13.4. The molecule has 98 valence electrons. The van der Waals surface area contributed by atoms with Gasteiger partial charge in [-0.2, -0.15) is 0 Å². The van der Waals surface area contributed by atoms with Crippen molar-refractivity contribution in [2.45, 2.75) is 19.3 Å². The number of thiocarbonyl (C=S) groups is 1. The van der Waals surface area contributed by atoms with E-state index in [0.29, 0.717) is 4.99 Å². The minimum atomic E-state index is 0.388. The smallest absolute Gasteiger partial charge is 0.187 e. The van der Waals surface area contributed by atoms with Gasteiger partial charge in [0.15, 0.2) is 5.13 Å². The van der Waals surface area contributed by atoms with E-state index in [4.69, 9.17) is 18.0 Å². The van der Waals surface area contributed by atoms with Crippen molar-refractivity contribution in [3.8, 4) is 0 Å². The van der Waals surface area contributed by atoms with Crippen LogP contribution in [0.3, 0.4) is 0 Å². The van der Waals surface area contributed by atoms with Crippen LogP contribution in [-0.2, 0) is 12.8 Å². The van der Waals surface area contributed by atoms with Crippen molar-refractivity contribution in [3.63, 3.8) is 0 Å². The number of halogens is 1. The Bertz CT molecular complexity index is 630. The molecule has 2 aromatic rings. The van der Waals surface area contributed by atoms with Gasteiger partial charge in [-0.25, -0.2) is 4.98 Å². The number of fused-ring (bicyclic) bond motifs is 1. The van der Waals surface area contributed by atoms with Crippen LogP contribution in [0.1, 0.15) is 22.6 Å². The van der Waals surface area contributed by atoms with Gasteiger partial charge in [0.2, 0.25) is 0 Å². The number of hydrogen-bond donors (Lipinski definition) is 2. The van der Waals surface area contributed by atoms with Crippen LogP contribution in [-0.4, -0.2) is 9.97 Å². The molecule has 3 nitrogen and oxygen atoms in total. The average Bonchev–Trinajstić information content (AvgIpc) is 2.89. The number of benzene rings is 1. The van der Waals surface area contributed by atoms with Crippen molar-refractivity contribution in [2.75, 3.05) is 5.32 Å². The lowest BCUT2D eigenvalue weighted by molar-refractivity contribution is 0.900. The number of nitrogens with two attached hydrogens (primary N) is 1. The lowest BCUT2D eigenvalue weighted by Gasteiger charge is -2.09. The Labute approximate surface area is 129 Å². The number of rotatable bonds is 3. The molecule has 1 aliphatic rings. The van der Waals surface area contributed by atoms with E-state index >= 15 is 0 Å². The zero-order valence-corrected chi connectivity index (χ0v) is 13.3. The second-order valence-electron chi connectivity index (χ2n) is 4.42. The second kappa shape index (κ2) is 5.19. The number of aryl methyl sites for hydroxylation is 2. The van der Waals surface area contributed by atoms with E-state index in [1.165, 1.54) is 17.0 Å². The van der Waals surface area contributed by atoms with Crippen LogP contribution in [0.15, 0.2) is 22.7 Å². The molecule has 0 atom stereocenters. The lowest BCUT2D eigenvalue weighted by atomic mass is 10.2. The van der Waals surface area contributed by atoms with Crippen LogP contribution in [0, 0.1) is 0 Å². The number of anilines is 2. The third-order valence-corrected chi connectivity index (χ3v) is 4.87. The summed E-state index contributed by atoms with van der Waals surface area (Å²) in [5, 5.41) is 4.25. The van der Waals surface area contributed by atoms with Crippen molar-refractivity contribution in [3.05, 3.63) is 38.8 Å². The quantitative estimate of drug-likeness (QED) is 0.824. The molecule has 19 heavy (non-hydrogen) atoms. The Kier molecular flexibility index (Phi) is 3.56. The topological polar surface area (TPSA) is 50.9 Å². The summed E-state index contributed by atoms with van der Waals surface area (Å²) in [6.45, 7) is 0. The highest BCUT2D eigenvalue weighted by Crippen LogP contribution is 2.33. The summed E-state index contributed by atoms with van der Waals surface area (Å²) >= 11 is 10.3. The van der Waals surface area contributed by atoms with E-state index < -0.39 is 0 Å². The highest BCUT2D eigenvalue weighted by atomic mass is 79.9. The van der Waals surface area contributed by atoms with Crippen LogP contribution >= 0.6 is 39.5 Å². The molecule has 0 bridgehead atoms. The minimum Gasteiger partial charge on any atom is -0.389 e. The van der Waals surface area contributed by atoms with Gasteiger partial charge in [0.05, 0.1) is 11.4 Å². The molecule has 0 aliphatic heterocycles. The van der Waals surface area contributed by atoms with Gasteiger partial charge in [-0.05, 0) is 37.5 Å². The first-order valence-electron chi connectivity index (χ1n) is 5.98. The normalized spacial score (nSPS) is 13.3. The highest BCUT2D eigenvalue weighted by molar-refractivity contribution is 9.10. The molecule has 3 N–H and O–H groups in total. The van der Waals surface area contributed by atoms with Gasteiger partial charge in [0.25, 0.3) is 0 Å². The monoisotopic (exact) mass is 353 g/mol. The zero-order valence-electron chi connectivity index (χ0n) is 10.1. The summed E-state index contributed by atoms with van der Waals surface area (Å²) in [5.74, 6) is 0. The predicted octanol–water partition coefficient (Wildman–Crippen LogP) is 3.77. The van der Waals surface area contributed by atoms with E-state index in [9.17, 15) is 0 Å². The second-order valence-corrected chi connectivity index (χ2v) is 6.86. The maximum absolute atomic E-state index is 5.75. The summed E-state index contributed by atoms with van der Waals surface area (Å²) < 4.78 is 0.985. The van der Waals surface area contributed by atoms with Gasteiger partial charge in [-0.3, -0.25) is 0 Å². The molecular formula is C13H12BrN3S2. The number of nitrogens with zero attached hydrogens (tertiary/aromatic N) is 1. The van der Waals surface area contributed by atoms with E-state index in [2.05, 4.69) is 26.2 Å². The molecule has 0 spiro atoms. The minimum absolute atomic E-state index is 0.388. The molecule has 1 heterocycles. The third-order valence-electron chi connectivity index (χ3n) is 3.08. The summed E-state index contributed by atoms with van der Waals surface area (Å²) in [5.41, 5.74) is 8.72. The standard InChI is InChI=1S/C13H12BrN3S2/c14-7-4-5-8(12(15)18)10(6-7)17-13-16-9-2-1-3-11(9)19-13/h4-6H,1-3H2,(H2,15,18)(H,16,17). The molecule has 1 aliphatic carbocycles. The van der Waals surface area contributed by atoms with E-state index in [0.717, 1.165) is 33.7 Å². The van der Waals surface area contributed by atoms with Crippen LogP contribution in [0.5, 0.6) is 0 Å². The Balaban J connectivity index is 1.93. The fourth-order valence-corrected chi connectivity index (χ4v) is 3.80. The van der Waals surface area contributed by atoms with Crippen LogP contribution in [0.2, 0.25) is 0 Å². The SMILES string of the molecule is NC(=S)c1ccc(Br)cc1Nc1nc2c(s1)CCC2. The van der Waals surface area contributed by atoms with Crippen LogP contribution in [0.4, 0.5) is 10.8 Å². The van der Waals surface area contributed by atoms with Gasteiger partial charge in [-0.1, -0.05) is 28.1 Å². The maximum Gasteiger partial charge on any atom is 0.187 e. The van der Waals surface area contributed by atoms with Gasteiger partial charge in [0.1, 0.15) is 4.99 Å². The molecule has 0 unspecified atom stereocenters. The van der Waals surface area contributed by atoms with Gasteiger partial charge >= 0.3 is 0 Å². The molecular weight excluding hydrogens is 342 g/mol. The Morgan fingerprint density at radius 2 is 2.26 bits per heavy atom. The summed E-state index contributed by atoms with van der Waals surface area (Å²) in [6.07, 6.45) is 3.47. The van der Waals surface area contributed by atoms with E-state index in [1.54, 1.807) is 11.3 Å². The van der Waals surface area contributed by atoms with Gasteiger partial charge < -0.3 is 11.1 Å². The molecule has 0 radical (unpaired) electrons. The number of hydrogen-bond acceptors (Lipinski definition) is 4. The largest absolute Gasteiger partial charge is 0.389 e. The molecule has 0 saturated heterocycles. The first kappa shape index (κ1) is 13.0. The molecule has 6 heteroatoms. The van der Waals surface area contributed by atoms with Crippen molar-refractivity contribution in [2.24, 2.45) is 5.73 Å². The fourth-order valence-electron chi connectivity index (χ4n) is 2.19. The maximum atomic E-state index is 5.75. The first-order chi connectivity index (χ1) is 9.13. The Hall–Kier alpha value is -0.980. The number of nitrogens with one attached hydrogen (secondary N) is 1. The van der Waals surface area contributed by atoms with E-state index in [-0.39, 0.29) is 0 Å². The van der Waals surface area contributed by atoms with E-state index in [1.807, 2.05) is 18.2 Å². The van der Waals surface area contributed by atoms with Gasteiger partial charge in [0, 0.05) is 14.9 Å². The van der Waals surface area contributed by atoms with Gasteiger partial charge in [-0.15, -0.1) is 11.3 Å². The molecule has 0 saturated carbocycles. The number of thiazole rings is 1. The van der Waals surface area contributed by atoms with Crippen LogP contribution in [0.25, 0.3) is 0 Å². The van der Waals surface area contributed by atoms with Crippen molar-refractivity contribution < 1.29 is 0 Å². The molecule has 1 aromatic carbocycles. The average molecular weight is 354 g/mol. The molecule has 3 rings (SSSR count). The van der Waals surface area contributed by atoms with Crippen LogP contribution < -0.4 is 11.1 Å². The summed E-state index contributed by atoms with van der Waals surface area (Å²) in [7, 11) is 0. The van der Waals surface area contributed by atoms with Crippen molar-refractivity contribution in [1.29, 1.82) is 0 Å². The van der Waals surface area contributed by atoms with Crippen molar-refractivity contribution >= 4 is 55.3 Å². The fraction of sp³-hybridized carbons (Fsp3) is 0.231.